The SMILES string of the molecule is CN=C(NCCN1CCC(C)CC1)NC1CCN(c2cc(OC)cc(OC)c2)CC1.I. The van der Waals surface area contributed by atoms with Gasteiger partial charge in [-0.15, -0.1) is 24.0 Å². The van der Waals surface area contributed by atoms with Crippen molar-refractivity contribution in [2.45, 2.75) is 38.6 Å². The first-order valence-electron chi connectivity index (χ1n) is 11.3. The van der Waals surface area contributed by atoms with Gasteiger partial charge in [0.1, 0.15) is 11.5 Å². The molecule has 0 bridgehead atoms. The van der Waals surface area contributed by atoms with E-state index in [2.05, 4.69) is 44.5 Å². The topological polar surface area (TPSA) is 61.4 Å². The van der Waals surface area contributed by atoms with Crippen molar-refractivity contribution < 1.29 is 9.47 Å². The van der Waals surface area contributed by atoms with E-state index in [1.165, 1.54) is 25.9 Å². The van der Waals surface area contributed by atoms with E-state index in [9.17, 15) is 0 Å². The Morgan fingerprint density at radius 1 is 1.00 bits per heavy atom. The van der Waals surface area contributed by atoms with Crippen molar-refractivity contribution in [2.24, 2.45) is 10.9 Å². The van der Waals surface area contributed by atoms with E-state index in [0.29, 0.717) is 6.04 Å². The second-order valence-electron chi connectivity index (χ2n) is 8.50. The number of hydrogen-bond donors (Lipinski definition) is 2. The zero-order valence-electron chi connectivity index (χ0n) is 19.5. The maximum atomic E-state index is 5.42. The molecular weight excluding hydrogens is 505 g/mol. The summed E-state index contributed by atoms with van der Waals surface area (Å²) in [7, 11) is 5.24. The maximum Gasteiger partial charge on any atom is 0.191 e. The fourth-order valence-electron chi connectivity index (χ4n) is 4.26. The number of hydrogen-bond acceptors (Lipinski definition) is 5. The van der Waals surface area contributed by atoms with Gasteiger partial charge in [0.05, 0.1) is 14.2 Å². The van der Waals surface area contributed by atoms with E-state index >= 15 is 0 Å². The van der Waals surface area contributed by atoms with Gasteiger partial charge in [-0.2, -0.15) is 0 Å². The summed E-state index contributed by atoms with van der Waals surface area (Å²) in [4.78, 5) is 9.38. The molecule has 31 heavy (non-hydrogen) atoms. The molecule has 0 atom stereocenters. The van der Waals surface area contributed by atoms with Crippen molar-refractivity contribution in [1.29, 1.82) is 0 Å². The minimum absolute atomic E-state index is 0. The fraction of sp³-hybridized carbons (Fsp3) is 0.696. The largest absolute Gasteiger partial charge is 0.497 e. The molecular formula is C23H40IN5O2. The number of rotatable bonds is 7. The van der Waals surface area contributed by atoms with Gasteiger partial charge in [0, 0.05) is 63.2 Å². The molecule has 2 saturated heterocycles. The van der Waals surface area contributed by atoms with Crippen LogP contribution < -0.4 is 25.0 Å². The molecule has 8 heteroatoms. The summed E-state index contributed by atoms with van der Waals surface area (Å²) in [6.45, 7) is 8.83. The number of anilines is 1. The summed E-state index contributed by atoms with van der Waals surface area (Å²) >= 11 is 0. The molecule has 176 valence electrons. The van der Waals surface area contributed by atoms with Gasteiger partial charge in [-0.05, 0) is 44.7 Å². The zero-order valence-corrected chi connectivity index (χ0v) is 21.9. The number of nitrogens with one attached hydrogen (secondary N) is 2. The van der Waals surface area contributed by atoms with Crippen LogP contribution in [0, 0.1) is 5.92 Å². The van der Waals surface area contributed by atoms with Crippen LogP contribution >= 0.6 is 24.0 Å². The third-order valence-corrected chi connectivity index (χ3v) is 6.36. The highest BCUT2D eigenvalue weighted by Gasteiger charge is 2.21. The lowest BCUT2D eigenvalue weighted by atomic mass is 9.99. The lowest BCUT2D eigenvalue weighted by Crippen LogP contribution is -2.50. The van der Waals surface area contributed by atoms with Gasteiger partial charge in [-0.3, -0.25) is 4.99 Å². The molecule has 2 heterocycles. The summed E-state index contributed by atoms with van der Waals surface area (Å²) in [6, 6.07) is 6.52. The van der Waals surface area contributed by atoms with E-state index < -0.39 is 0 Å². The number of aliphatic imine (C=N–C) groups is 1. The van der Waals surface area contributed by atoms with Gasteiger partial charge < -0.3 is 29.9 Å². The van der Waals surface area contributed by atoms with Crippen LogP contribution in [0.3, 0.4) is 0 Å². The van der Waals surface area contributed by atoms with Crippen LogP contribution in [0.25, 0.3) is 0 Å². The summed E-state index contributed by atoms with van der Waals surface area (Å²) in [5.41, 5.74) is 1.16. The normalized spacial score (nSPS) is 19.0. The molecule has 0 aromatic heterocycles. The van der Waals surface area contributed by atoms with Crippen molar-refractivity contribution in [2.75, 3.05) is 65.4 Å². The summed E-state index contributed by atoms with van der Waals surface area (Å²) < 4.78 is 10.8. The smallest absolute Gasteiger partial charge is 0.191 e. The molecule has 2 aliphatic rings. The Morgan fingerprint density at radius 2 is 1.61 bits per heavy atom. The highest BCUT2D eigenvalue weighted by atomic mass is 127. The minimum Gasteiger partial charge on any atom is -0.497 e. The monoisotopic (exact) mass is 545 g/mol. The number of halogens is 1. The zero-order chi connectivity index (χ0) is 21.3. The van der Waals surface area contributed by atoms with Crippen molar-refractivity contribution in [3.8, 4) is 11.5 Å². The van der Waals surface area contributed by atoms with E-state index in [0.717, 1.165) is 68.1 Å². The van der Waals surface area contributed by atoms with Crippen LogP contribution in [0.4, 0.5) is 5.69 Å². The van der Waals surface area contributed by atoms with Crippen LogP contribution in [-0.2, 0) is 0 Å². The first kappa shape index (κ1) is 25.8. The molecule has 3 rings (SSSR count). The second kappa shape index (κ2) is 13.2. The molecule has 0 spiro atoms. The van der Waals surface area contributed by atoms with Crippen molar-refractivity contribution in [3.05, 3.63) is 18.2 Å². The first-order chi connectivity index (χ1) is 14.6. The van der Waals surface area contributed by atoms with Crippen LogP contribution in [0.15, 0.2) is 23.2 Å². The quantitative estimate of drug-likeness (QED) is 0.312. The highest BCUT2D eigenvalue weighted by molar-refractivity contribution is 14.0. The molecule has 2 fully saturated rings. The molecule has 0 saturated carbocycles. The van der Waals surface area contributed by atoms with Crippen LogP contribution in [-0.4, -0.2) is 77.4 Å². The van der Waals surface area contributed by atoms with Crippen LogP contribution in [0.5, 0.6) is 11.5 Å². The number of benzene rings is 1. The molecule has 0 amide bonds. The third-order valence-electron chi connectivity index (χ3n) is 6.36. The number of guanidine groups is 1. The van der Waals surface area contributed by atoms with Gasteiger partial charge in [-0.1, -0.05) is 6.92 Å². The van der Waals surface area contributed by atoms with E-state index in [-0.39, 0.29) is 24.0 Å². The Labute approximate surface area is 205 Å². The first-order valence-corrected chi connectivity index (χ1v) is 11.3. The number of ether oxygens (including phenoxy) is 2. The molecule has 0 aliphatic carbocycles. The van der Waals surface area contributed by atoms with Crippen molar-refractivity contribution >= 4 is 35.6 Å². The van der Waals surface area contributed by atoms with Crippen molar-refractivity contribution in [1.82, 2.24) is 15.5 Å². The lowest BCUT2D eigenvalue weighted by Gasteiger charge is -2.35. The number of methoxy groups -OCH3 is 2. The van der Waals surface area contributed by atoms with Gasteiger partial charge in [0.2, 0.25) is 0 Å². The number of nitrogens with zero attached hydrogens (tertiary/aromatic N) is 3. The second-order valence-corrected chi connectivity index (χ2v) is 8.50. The fourth-order valence-corrected chi connectivity index (χ4v) is 4.26. The molecule has 1 aromatic rings. The third kappa shape index (κ3) is 7.89. The van der Waals surface area contributed by atoms with Gasteiger partial charge in [0.25, 0.3) is 0 Å². The Kier molecular flexibility index (Phi) is 11.0. The maximum absolute atomic E-state index is 5.42. The lowest BCUT2D eigenvalue weighted by molar-refractivity contribution is 0.195. The Morgan fingerprint density at radius 3 is 2.16 bits per heavy atom. The average molecular weight is 546 g/mol. The summed E-state index contributed by atoms with van der Waals surface area (Å²) in [5, 5.41) is 7.11. The highest BCUT2D eigenvalue weighted by Crippen LogP contribution is 2.30. The van der Waals surface area contributed by atoms with Crippen molar-refractivity contribution in [3.63, 3.8) is 0 Å². The predicted molar refractivity (Wildman–Crippen MR) is 140 cm³/mol. The number of likely N-dealkylation sites (tertiary alicyclic amines) is 1. The summed E-state index contributed by atoms with van der Waals surface area (Å²) in [6.07, 6.45) is 4.80. The standard InChI is InChI=1S/C23H39N5O2.HI/c1-18-5-10-27(11-6-18)14-9-25-23(24-2)26-19-7-12-28(13-8-19)20-15-21(29-3)17-22(16-20)30-4;/h15-19H,5-14H2,1-4H3,(H2,24,25,26);1H. The minimum atomic E-state index is 0. The molecule has 7 nitrogen and oxygen atoms in total. The molecule has 2 aliphatic heterocycles. The van der Waals surface area contributed by atoms with Crippen LogP contribution in [0.2, 0.25) is 0 Å². The molecule has 1 aromatic carbocycles. The van der Waals surface area contributed by atoms with E-state index in [4.69, 9.17) is 9.47 Å². The Bertz CT molecular complexity index is 664. The Balaban J connectivity index is 0.00000341. The summed E-state index contributed by atoms with van der Waals surface area (Å²) in [5.74, 6) is 3.46. The van der Waals surface area contributed by atoms with Gasteiger partial charge in [-0.25, -0.2) is 0 Å². The van der Waals surface area contributed by atoms with Crippen LogP contribution in [0.1, 0.15) is 32.6 Å². The number of piperidine rings is 2. The van der Waals surface area contributed by atoms with Gasteiger partial charge >= 0.3 is 0 Å². The predicted octanol–water partition coefficient (Wildman–Crippen LogP) is 3.19. The van der Waals surface area contributed by atoms with E-state index in [1.807, 2.05) is 13.1 Å². The molecule has 0 radical (unpaired) electrons. The molecule has 0 unspecified atom stereocenters. The van der Waals surface area contributed by atoms with Gasteiger partial charge in [0.15, 0.2) is 5.96 Å². The molecule has 2 N–H and O–H groups in total. The van der Waals surface area contributed by atoms with E-state index in [1.54, 1.807) is 14.2 Å². The Hall–Kier alpha value is -1.42. The average Bonchev–Trinajstić information content (AvgIpc) is 2.79.